The lowest BCUT2D eigenvalue weighted by Crippen LogP contribution is -2.28. The largest absolute Gasteiger partial charge is 0.342 e. The smallest absolute Gasteiger partial charge is 0.251 e. The molecule has 0 radical (unpaired) electrons. The van der Waals surface area contributed by atoms with E-state index in [1.54, 1.807) is 41.9 Å². The Morgan fingerprint density at radius 2 is 1.93 bits per heavy atom. The number of thioether (sulfide) groups is 1. The molecule has 1 heterocycles. The topological polar surface area (TPSA) is 88.9 Å². The van der Waals surface area contributed by atoms with Crippen LogP contribution in [0.5, 0.6) is 0 Å². The fourth-order valence-corrected chi connectivity index (χ4v) is 3.81. The van der Waals surface area contributed by atoms with Crippen LogP contribution in [0.2, 0.25) is 5.02 Å². The quantitative estimate of drug-likeness (QED) is 0.460. The summed E-state index contributed by atoms with van der Waals surface area (Å²) >= 11 is 10.6. The van der Waals surface area contributed by atoms with E-state index in [2.05, 4.69) is 36.8 Å². The van der Waals surface area contributed by atoms with Crippen molar-refractivity contribution >= 4 is 56.8 Å². The summed E-state index contributed by atoms with van der Waals surface area (Å²) in [6, 6.07) is 13.8. The minimum Gasteiger partial charge on any atom is -0.342 e. The van der Waals surface area contributed by atoms with Gasteiger partial charge in [-0.25, -0.2) is 0 Å². The highest BCUT2D eigenvalue weighted by Crippen LogP contribution is 2.26. The van der Waals surface area contributed by atoms with Gasteiger partial charge in [-0.15, -0.1) is 10.2 Å². The Hall–Kier alpha value is -2.36. The standard InChI is InChI=1S/C20H19BrClN5O2S/c1-12(23-19(29)13-6-4-3-5-7-13)18-25-26-20(27(18)2)30-11-17(28)24-14-8-9-15(21)16(22)10-14/h3-10,12H,11H2,1-2H3,(H,23,29)(H,24,28)/t12-/m1/s1. The number of aromatic nitrogens is 3. The van der Waals surface area contributed by atoms with Gasteiger partial charge in [-0.3, -0.25) is 9.59 Å². The molecule has 1 atom stereocenters. The summed E-state index contributed by atoms with van der Waals surface area (Å²) in [6.07, 6.45) is 0. The van der Waals surface area contributed by atoms with Gasteiger partial charge in [0.25, 0.3) is 5.91 Å². The molecule has 156 valence electrons. The van der Waals surface area contributed by atoms with Gasteiger partial charge in [0.05, 0.1) is 16.8 Å². The summed E-state index contributed by atoms with van der Waals surface area (Å²) in [6.45, 7) is 1.84. The highest BCUT2D eigenvalue weighted by Gasteiger charge is 2.19. The first-order valence-electron chi connectivity index (χ1n) is 8.98. The van der Waals surface area contributed by atoms with Crippen molar-refractivity contribution in [1.29, 1.82) is 0 Å². The molecule has 30 heavy (non-hydrogen) atoms. The maximum absolute atomic E-state index is 12.3. The fourth-order valence-electron chi connectivity index (χ4n) is 2.66. The van der Waals surface area contributed by atoms with E-state index >= 15 is 0 Å². The first kappa shape index (κ1) is 22.3. The zero-order valence-electron chi connectivity index (χ0n) is 16.2. The maximum atomic E-state index is 12.3. The number of benzene rings is 2. The third-order valence-corrected chi connectivity index (χ3v) is 6.43. The molecular formula is C20H19BrClN5O2S. The van der Waals surface area contributed by atoms with E-state index in [4.69, 9.17) is 11.6 Å². The Morgan fingerprint density at radius 3 is 2.63 bits per heavy atom. The van der Waals surface area contributed by atoms with Gasteiger partial charge in [0.15, 0.2) is 11.0 Å². The lowest BCUT2D eigenvalue weighted by molar-refractivity contribution is -0.113. The Labute approximate surface area is 191 Å². The van der Waals surface area contributed by atoms with E-state index in [1.807, 2.05) is 25.1 Å². The molecule has 0 fully saturated rings. The molecule has 10 heteroatoms. The van der Waals surface area contributed by atoms with Crippen LogP contribution in [0.3, 0.4) is 0 Å². The SMILES string of the molecule is C[C@@H](NC(=O)c1ccccc1)c1nnc(SCC(=O)Nc2ccc(Br)c(Cl)c2)n1C. The Balaban J connectivity index is 1.57. The first-order valence-corrected chi connectivity index (χ1v) is 11.1. The second kappa shape index (κ2) is 10.1. The van der Waals surface area contributed by atoms with Crippen molar-refractivity contribution in [3.63, 3.8) is 0 Å². The van der Waals surface area contributed by atoms with E-state index in [0.29, 0.717) is 27.3 Å². The monoisotopic (exact) mass is 507 g/mol. The van der Waals surface area contributed by atoms with Gasteiger partial charge in [0.2, 0.25) is 5.91 Å². The number of nitrogens with one attached hydrogen (secondary N) is 2. The molecule has 3 aromatic rings. The average molecular weight is 509 g/mol. The molecule has 0 spiro atoms. The van der Waals surface area contributed by atoms with Crippen LogP contribution in [-0.2, 0) is 11.8 Å². The third-order valence-electron chi connectivity index (χ3n) is 4.18. The van der Waals surface area contributed by atoms with E-state index in [1.165, 1.54) is 11.8 Å². The van der Waals surface area contributed by atoms with Crippen LogP contribution in [0.4, 0.5) is 5.69 Å². The molecule has 0 unspecified atom stereocenters. The van der Waals surface area contributed by atoms with Crippen molar-refractivity contribution in [3.8, 4) is 0 Å². The van der Waals surface area contributed by atoms with Crippen molar-refractivity contribution < 1.29 is 9.59 Å². The fraction of sp³-hybridized carbons (Fsp3) is 0.200. The zero-order chi connectivity index (χ0) is 21.7. The number of nitrogens with zero attached hydrogens (tertiary/aromatic N) is 3. The molecule has 3 rings (SSSR count). The number of rotatable bonds is 7. The van der Waals surface area contributed by atoms with Gasteiger partial charge < -0.3 is 15.2 Å². The second-order valence-electron chi connectivity index (χ2n) is 6.43. The van der Waals surface area contributed by atoms with Crippen molar-refractivity contribution in [2.24, 2.45) is 7.05 Å². The van der Waals surface area contributed by atoms with Crippen molar-refractivity contribution in [2.45, 2.75) is 18.1 Å². The van der Waals surface area contributed by atoms with Gasteiger partial charge in [-0.05, 0) is 53.2 Å². The molecule has 2 N–H and O–H groups in total. The van der Waals surface area contributed by atoms with E-state index in [-0.39, 0.29) is 23.6 Å². The number of carbonyl (C=O) groups is 2. The van der Waals surface area contributed by atoms with Crippen molar-refractivity contribution in [2.75, 3.05) is 11.1 Å². The number of anilines is 1. The Morgan fingerprint density at radius 1 is 1.20 bits per heavy atom. The van der Waals surface area contributed by atoms with Gasteiger partial charge >= 0.3 is 0 Å². The summed E-state index contributed by atoms with van der Waals surface area (Å²) in [5.74, 6) is 0.382. The zero-order valence-corrected chi connectivity index (χ0v) is 19.4. The molecule has 0 aliphatic heterocycles. The minimum atomic E-state index is -0.344. The average Bonchev–Trinajstić information content (AvgIpc) is 3.10. The summed E-state index contributed by atoms with van der Waals surface area (Å²) in [5.41, 5.74) is 1.19. The van der Waals surface area contributed by atoms with Gasteiger partial charge in [-0.1, -0.05) is 41.6 Å². The maximum Gasteiger partial charge on any atom is 0.251 e. The van der Waals surface area contributed by atoms with Crippen molar-refractivity contribution in [3.05, 3.63) is 69.4 Å². The van der Waals surface area contributed by atoms with Crippen LogP contribution < -0.4 is 10.6 Å². The molecule has 2 aromatic carbocycles. The molecule has 0 aliphatic rings. The number of hydrogen-bond acceptors (Lipinski definition) is 5. The number of hydrogen-bond donors (Lipinski definition) is 2. The molecule has 0 bridgehead atoms. The summed E-state index contributed by atoms with van der Waals surface area (Å²) in [4.78, 5) is 24.6. The van der Waals surface area contributed by atoms with E-state index in [9.17, 15) is 9.59 Å². The highest BCUT2D eigenvalue weighted by atomic mass is 79.9. The summed E-state index contributed by atoms with van der Waals surface area (Å²) in [7, 11) is 1.80. The molecule has 1 aromatic heterocycles. The van der Waals surface area contributed by atoms with Crippen LogP contribution in [0.25, 0.3) is 0 Å². The first-order chi connectivity index (χ1) is 14.3. The Kier molecular flexibility index (Phi) is 7.52. The van der Waals surface area contributed by atoms with Crippen LogP contribution in [0.15, 0.2) is 58.2 Å². The van der Waals surface area contributed by atoms with Crippen LogP contribution in [0.1, 0.15) is 29.1 Å². The highest BCUT2D eigenvalue weighted by molar-refractivity contribution is 9.10. The lowest BCUT2D eigenvalue weighted by atomic mass is 10.2. The molecule has 0 saturated heterocycles. The normalized spacial score (nSPS) is 11.7. The number of amides is 2. The van der Waals surface area contributed by atoms with Gasteiger partial charge in [-0.2, -0.15) is 0 Å². The van der Waals surface area contributed by atoms with Gasteiger partial charge in [0.1, 0.15) is 0 Å². The number of halogens is 2. The van der Waals surface area contributed by atoms with E-state index in [0.717, 1.165) is 4.47 Å². The van der Waals surface area contributed by atoms with Crippen LogP contribution in [-0.4, -0.2) is 32.3 Å². The third kappa shape index (κ3) is 5.62. The predicted molar refractivity (Wildman–Crippen MR) is 122 cm³/mol. The van der Waals surface area contributed by atoms with Crippen LogP contribution >= 0.6 is 39.3 Å². The van der Waals surface area contributed by atoms with Crippen LogP contribution in [0, 0.1) is 0 Å². The lowest BCUT2D eigenvalue weighted by Gasteiger charge is -2.13. The van der Waals surface area contributed by atoms with Crippen molar-refractivity contribution in [1.82, 2.24) is 20.1 Å². The second-order valence-corrected chi connectivity index (χ2v) is 8.63. The molecule has 7 nitrogen and oxygen atoms in total. The molecular weight excluding hydrogens is 490 g/mol. The molecule has 0 saturated carbocycles. The summed E-state index contributed by atoms with van der Waals surface area (Å²) in [5, 5.41) is 15.1. The minimum absolute atomic E-state index is 0.157. The predicted octanol–water partition coefficient (Wildman–Crippen LogP) is 4.45. The van der Waals surface area contributed by atoms with Gasteiger partial charge in [0, 0.05) is 22.8 Å². The Bertz CT molecular complexity index is 1060. The number of carbonyl (C=O) groups excluding carboxylic acids is 2. The summed E-state index contributed by atoms with van der Waals surface area (Å²) < 4.78 is 2.53. The molecule has 2 amide bonds. The van der Waals surface area contributed by atoms with E-state index < -0.39 is 0 Å². The molecule has 0 aliphatic carbocycles.